The Bertz CT molecular complexity index is 295. The van der Waals surface area contributed by atoms with Gasteiger partial charge in [-0.1, -0.05) is 0 Å². The Labute approximate surface area is 86.1 Å². The highest BCUT2D eigenvalue weighted by molar-refractivity contribution is 5.46. The van der Waals surface area contributed by atoms with Crippen LogP contribution in [0.1, 0.15) is 0 Å². The van der Waals surface area contributed by atoms with Crippen LogP contribution in [0.5, 0.6) is 5.75 Å². The monoisotopic (exact) mass is 218 g/mol. The number of hydrogen-bond donors (Lipinski definition) is 1. The van der Waals surface area contributed by atoms with Gasteiger partial charge in [-0.25, -0.2) is 0 Å². The molecule has 0 aromatic heterocycles. The molecule has 0 aliphatic carbocycles. The molecule has 0 aliphatic heterocycles. The number of nitrogens with one attached hydrogen (secondary N) is 1. The van der Waals surface area contributed by atoms with E-state index in [1.807, 2.05) is 0 Å². The minimum atomic E-state index is -4.30. The van der Waals surface area contributed by atoms with Crippen molar-refractivity contribution in [3.8, 4) is 5.75 Å². The fraction of sp³-hybridized carbons (Fsp3) is 0.300. The molecule has 0 aliphatic rings. The van der Waals surface area contributed by atoms with E-state index in [0.29, 0.717) is 6.54 Å². The highest BCUT2D eigenvalue weighted by Gasteiger charge is 2.28. The molecule has 1 rings (SSSR count). The summed E-state index contributed by atoms with van der Waals surface area (Å²) in [4.78, 5) is 0. The maximum absolute atomic E-state index is 11.8. The highest BCUT2D eigenvalue weighted by Crippen LogP contribution is 2.19. The first-order chi connectivity index (χ1) is 7.01. The van der Waals surface area contributed by atoms with Gasteiger partial charge in [0.25, 0.3) is 0 Å². The molecule has 0 heterocycles. The Hall–Kier alpha value is -1.39. The molecule has 5 heteroatoms. The lowest BCUT2D eigenvalue weighted by Crippen LogP contribution is -2.19. The number of rotatable bonds is 4. The van der Waals surface area contributed by atoms with Gasteiger partial charge in [0.15, 0.2) is 6.61 Å². The summed E-state index contributed by atoms with van der Waals surface area (Å²) in [6.07, 6.45) is -4.30. The Morgan fingerprint density at radius 1 is 1.20 bits per heavy atom. The van der Waals surface area contributed by atoms with Gasteiger partial charge in [-0.2, -0.15) is 13.2 Å². The minimum absolute atomic E-state index is 0.196. The first kappa shape index (κ1) is 11.7. The molecule has 0 unspecified atom stereocenters. The molecule has 0 atom stereocenters. The normalized spacial score (nSPS) is 11.2. The van der Waals surface area contributed by atoms with Crippen LogP contribution >= 0.6 is 0 Å². The molecule has 1 radical (unpaired) electrons. The molecule has 1 aromatic carbocycles. The number of ether oxygens (including phenoxy) is 1. The fourth-order valence-corrected chi connectivity index (χ4v) is 0.979. The third-order valence-corrected chi connectivity index (χ3v) is 1.59. The molecular weight excluding hydrogens is 207 g/mol. The van der Waals surface area contributed by atoms with Crippen molar-refractivity contribution in [3.05, 3.63) is 31.2 Å². The van der Waals surface area contributed by atoms with E-state index in [-0.39, 0.29) is 5.75 Å². The van der Waals surface area contributed by atoms with Crippen LogP contribution in [0.4, 0.5) is 18.9 Å². The number of anilines is 1. The van der Waals surface area contributed by atoms with Crippen LogP contribution < -0.4 is 10.1 Å². The average molecular weight is 218 g/mol. The summed E-state index contributed by atoms with van der Waals surface area (Å²) in [7, 11) is 0. The summed E-state index contributed by atoms with van der Waals surface area (Å²) in [5.74, 6) is 0.196. The summed E-state index contributed by atoms with van der Waals surface area (Å²) in [5, 5.41) is 2.92. The molecule has 83 valence electrons. The van der Waals surface area contributed by atoms with Crippen molar-refractivity contribution in [2.75, 3.05) is 18.5 Å². The third-order valence-electron chi connectivity index (χ3n) is 1.59. The van der Waals surface area contributed by atoms with Crippen molar-refractivity contribution in [1.29, 1.82) is 0 Å². The quantitative estimate of drug-likeness (QED) is 0.839. The summed E-state index contributed by atoms with van der Waals surface area (Å²) in [6.45, 7) is 2.83. The second-order valence-electron chi connectivity index (χ2n) is 2.86. The molecule has 0 fully saturated rings. The predicted molar refractivity (Wildman–Crippen MR) is 51.8 cm³/mol. The van der Waals surface area contributed by atoms with E-state index in [9.17, 15) is 13.2 Å². The molecule has 0 saturated heterocycles. The van der Waals surface area contributed by atoms with Crippen LogP contribution in [0, 0.1) is 6.92 Å². The Balaban J connectivity index is 2.50. The predicted octanol–water partition coefficient (Wildman–Crippen LogP) is 2.87. The van der Waals surface area contributed by atoms with E-state index >= 15 is 0 Å². The second kappa shape index (κ2) is 4.91. The minimum Gasteiger partial charge on any atom is -0.484 e. The van der Waals surface area contributed by atoms with E-state index in [2.05, 4.69) is 17.0 Å². The second-order valence-corrected chi connectivity index (χ2v) is 2.86. The standard InChI is InChI=1S/C10H11F3NO/c1-2-14-8-3-5-9(6-4-8)15-7-10(11,12)13/h3-6,14H,1-2,7H2. The summed E-state index contributed by atoms with van der Waals surface area (Å²) >= 11 is 0. The molecule has 15 heavy (non-hydrogen) atoms. The maximum Gasteiger partial charge on any atom is 0.422 e. The van der Waals surface area contributed by atoms with Gasteiger partial charge >= 0.3 is 6.18 Å². The fourth-order valence-electron chi connectivity index (χ4n) is 0.979. The molecule has 0 amide bonds. The summed E-state index contributed by atoms with van der Waals surface area (Å²) < 4.78 is 39.9. The largest absolute Gasteiger partial charge is 0.484 e. The number of halogens is 3. The summed E-state index contributed by atoms with van der Waals surface area (Å²) in [6, 6.07) is 6.22. The van der Waals surface area contributed by atoms with E-state index in [1.165, 1.54) is 12.1 Å². The number of hydrogen-bond acceptors (Lipinski definition) is 2. The summed E-state index contributed by atoms with van der Waals surface area (Å²) in [5.41, 5.74) is 0.796. The van der Waals surface area contributed by atoms with Gasteiger partial charge in [0, 0.05) is 12.2 Å². The van der Waals surface area contributed by atoms with Crippen molar-refractivity contribution in [2.45, 2.75) is 6.18 Å². The van der Waals surface area contributed by atoms with Crippen molar-refractivity contribution in [3.63, 3.8) is 0 Å². The van der Waals surface area contributed by atoms with Crippen molar-refractivity contribution < 1.29 is 17.9 Å². The Morgan fingerprint density at radius 3 is 2.27 bits per heavy atom. The molecule has 0 bridgehead atoms. The first-order valence-corrected chi connectivity index (χ1v) is 4.34. The zero-order chi connectivity index (χ0) is 11.3. The third kappa shape index (κ3) is 4.58. The average Bonchev–Trinajstić information content (AvgIpc) is 2.16. The van der Waals surface area contributed by atoms with E-state index in [0.717, 1.165) is 5.69 Å². The first-order valence-electron chi connectivity index (χ1n) is 4.34. The van der Waals surface area contributed by atoms with Crippen LogP contribution in [0.3, 0.4) is 0 Å². The van der Waals surface area contributed by atoms with Crippen molar-refractivity contribution in [2.24, 2.45) is 0 Å². The maximum atomic E-state index is 11.8. The van der Waals surface area contributed by atoms with Crippen LogP contribution in [0.15, 0.2) is 24.3 Å². The zero-order valence-electron chi connectivity index (χ0n) is 7.97. The Kier molecular flexibility index (Phi) is 3.82. The van der Waals surface area contributed by atoms with Crippen molar-refractivity contribution in [1.82, 2.24) is 0 Å². The lowest BCUT2D eigenvalue weighted by atomic mass is 10.3. The molecule has 2 nitrogen and oxygen atoms in total. The number of alkyl halides is 3. The van der Waals surface area contributed by atoms with E-state index in [4.69, 9.17) is 0 Å². The van der Waals surface area contributed by atoms with Gasteiger partial charge < -0.3 is 10.1 Å². The van der Waals surface area contributed by atoms with Gasteiger partial charge in [-0.15, -0.1) is 0 Å². The van der Waals surface area contributed by atoms with E-state index < -0.39 is 12.8 Å². The highest BCUT2D eigenvalue weighted by atomic mass is 19.4. The van der Waals surface area contributed by atoms with Gasteiger partial charge in [0.05, 0.1) is 0 Å². The lowest BCUT2D eigenvalue weighted by molar-refractivity contribution is -0.153. The van der Waals surface area contributed by atoms with Gasteiger partial charge in [-0.05, 0) is 31.2 Å². The van der Waals surface area contributed by atoms with Crippen molar-refractivity contribution >= 4 is 5.69 Å². The molecule has 0 spiro atoms. The number of benzene rings is 1. The SMILES string of the molecule is [CH2]CNc1ccc(OCC(F)(F)F)cc1. The zero-order valence-corrected chi connectivity index (χ0v) is 7.97. The van der Waals surface area contributed by atoms with Gasteiger partial charge in [0.1, 0.15) is 5.75 Å². The van der Waals surface area contributed by atoms with Crippen LogP contribution in [-0.2, 0) is 0 Å². The topological polar surface area (TPSA) is 21.3 Å². The lowest BCUT2D eigenvalue weighted by Gasteiger charge is -2.09. The van der Waals surface area contributed by atoms with E-state index in [1.54, 1.807) is 12.1 Å². The molecule has 1 N–H and O–H groups in total. The molecule has 0 saturated carbocycles. The Morgan fingerprint density at radius 2 is 1.80 bits per heavy atom. The molecular formula is C10H11F3NO. The van der Waals surface area contributed by atoms with Gasteiger partial charge in [0.2, 0.25) is 0 Å². The van der Waals surface area contributed by atoms with Crippen LogP contribution in [0.25, 0.3) is 0 Å². The van der Waals surface area contributed by atoms with Crippen LogP contribution in [-0.4, -0.2) is 19.3 Å². The van der Waals surface area contributed by atoms with Crippen LogP contribution in [0.2, 0.25) is 0 Å². The molecule has 1 aromatic rings. The van der Waals surface area contributed by atoms with Gasteiger partial charge in [-0.3, -0.25) is 0 Å². The smallest absolute Gasteiger partial charge is 0.422 e.